The summed E-state index contributed by atoms with van der Waals surface area (Å²) in [6.45, 7) is 0. The highest BCUT2D eigenvalue weighted by molar-refractivity contribution is 6.08. The van der Waals surface area contributed by atoms with E-state index in [2.05, 4.69) is 97.9 Å². The highest BCUT2D eigenvalue weighted by Gasteiger charge is 2.12. The molecule has 0 unspecified atom stereocenters. The van der Waals surface area contributed by atoms with Gasteiger partial charge in [-0.3, -0.25) is 0 Å². The maximum absolute atomic E-state index is 2.32. The Kier molecular flexibility index (Phi) is 3.27. The molecule has 4 rings (SSSR count). The Morgan fingerprint density at radius 2 is 1.26 bits per heavy atom. The maximum atomic E-state index is 2.32. The molecular formula is C22H19N. The SMILES string of the molecule is CN(C)c1ccc2cc3ccccc3cc2c1-c1ccccc1. The van der Waals surface area contributed by atoms with Crippen LogP contribution in [0.2, 0.25) is 0 Å². The van der Waals surface area contributed by atoms with Gasteiger partial charge in [-0.15, -0.1) is 0 Å². The van der Waals surface area contributed by atoms with Crippen LogP contribution in [0.25, 0.3) is 32.7 Å². The van der Waals surface area contributed by atoms with E-state index in [0.717, 1.165) is 0 Å². The van der Waals surface area contributed by atoms with Gasteiger partial charge in [-0.1, -0.05) is 60.7 Å². The molecule has 0 fully saturated rings. The Labute approximate surface area is 136 Å². The van der Waals surface area contributed by atoms with Gasteiger partial charge >= 0.3 is 0 Å². The van der Waals surface area contributed by atoms with E-state index in [1.165, 1.54) is 38.4 Å². The Balaban J connectivity index is 2.14. The number of hydrogen-bond donors (Lipinski definition) is 0. The number of fused-ring (bicyclic) bond motifs is 2. The van der Waals surface area contributed by atoms with Crippen molar-refractivity contribution in [1.29, 1.82) is 0 Å². The van der Waals surface area contributed by atoms with E-state index in [-0.39, 0.29) is 0 Å². The molecule has 0 heterocycles. The van der Waals surface area contributed by atoms with E-state index in [4.69, 9.17) is 0 Å². The molecule has 0 aromatic heterocycles. The van der Waals surface area contributed by atoms with Crippen molar-refractivity contribution in [2.24, 2.45) is 0 Å². The summed E-state index contributed by atoms with van der Waals surface area (Å²) in [7, 11) is 4.21. The maximum Gasteiger partial charge on any atom is 0.0447 e. The summed E-state index contributed by atoms with van der Waals surface area (Å²) in [6.07, 6.45) is 0. The third-order valence-corrected chi connectivity index (χ3v) is 4.41. The van der Waals surface area contributed by atoms with Gasteiger partial charge in [-0.05, 0) is 45.3 Å². The summed E-state index contributed by atoms with van der Waals surface area (Å²) in [5.74, 6) is 0. The predicted octanol–water partition coefficient (Wildman–Crippen LogP) is 5.73. The smallest absolute Gasteiger partial charge is 0.0447 e. The Hall–Kier alpha value is -2.80. The Bertz CT molecular complexity index is 985. The van der Waals surface area contributed by atoms with Gasteiger partial charge < -0.3 is 4.90 Å². The molecule has 0 atom stereocenters. The lowest BCUT2D eigenvalue weighted by Gasteiger charge is -2.20. The van der Waals surface area contributed by atoms with Crippen LogP contribution in [0.3, 0.4) is 0 Å². The van der Waals surface area contributed by atoms with Crippen molar-refractivity contribution in [3.05, 3.63) is 78.9 Å². The molecule has 1 heteroatoms. The van der Waals surface area contributed by atoms with Crippen LogP contribution in [-0.2, 0) is 0 Å². The predicted molar refractivity (Wildman–Crippen MR) is 101 cm³/mol. The van der Waals surface area contributed by atoms with Gasteiger partial charge in [0.25, 0.3) is 0 Å². The van der Waals surface area contributed by atoms with Crippen molar-refractivity contribution in [3.8, 4) is 11.1 Å². The molecule has 0 aliphatic heterocycles. The summed E-state index contributed by atoms with van der Waals surface area (Å²) >= 11 is 0. The minimum absolute atomic E-state index is 1.25. The molecule has 1 nitrogen and oxygen atoms in total. The molecule has 0 radical (unpaired) electrons. The molecule has 112 valence electrons. The van der Waals surface area contributed by atoms with Crippen LogP contribution < -0.4 is 4.90 Å². The van der Waals surface area contributed by atoms with Gasteiger partial charge in [0.05, 0.1) is 0 Å². The quantitative estimate of drug-likeness (QED) is 0.427. The molecule has 0 spiro atoms. The van der Waals surface area contributed by atoms with E-state index >= 15 is 0 Å². The topological polar surface area (TPSA) is 3.24 Å². The van der Waals surface area contributed by atoms with Crippen molar-refractivity contribution in [3.63, 3.8) is 0 Å². The van der Waals surface area contributed by atoms with Crippen LogP contribution in [0.4, 0.5) is 5.69 Å². The molecule has 0 N–H and O–H groups in total. The lowest BCUT2D eigenvalue weighted by molar-refractivity contribution is 1.14. The van der Waals surface area contributed by atoms with Crippen LogP contribution in [0.1, 0.15) is 0 Å². The summed E-state index contributed by atoms with van der Waals surface area (Å²) in [5.41, 5.74) is 3.81. The van der Waals surface area contributed by atoms with E-state index in [9.17, 15) is 0 Å². The van der Waals surface area contributed by atoms with Crippen molar-refractivity contribution in [2.45, 2.75) is 0 Å². The number of hydrogen-bond acceptors (Lipinski definition) is 1. The van der Waals surface area contributed by atoms with Crippen molar-refractivity contribution >= 4 is 27.2 Å². The number of nitrogens with zero attached hydrogens (tertiary/aromatic N) is 1. The molecule has 0 saturated carbocycles. The third kappa shape index (κ3) is 2.35. The van der Waals surface area contributed by atoms with E-state index in [1.807, 2.05) is 0 Å². The molecule has 4 aromatic rings. The normalized spacial score (nSPS) is 11.0. The van der Waals surface area contributed by atoms with Gasteiger partial charge in [-0.2, -0.15) is 0 Å². The van der Waals surface area contributed by atoms with Crippen LogP contribution in [0.15, 0.2) is 78.9 Å². The second-order valence-corrected chi connectivity index (χ2v) is 6.14. The number of anilines is 1. The van der Waals surface area contributed by atoms with E-state index in [1.54, 1.807) is 0 Å². The van der Waals surface area contributed by atoms with Gasteiger partial charge in [0.2, 0.25) is 0 Å². The fraction of sp³-hybridized carbons (Fsp3) is 0.0909. The molecule has 0 aliphatic rings. The Morgan fingerprint density at radius 1 is 0.609 bits per heavy atom. The highest BCUT2D eigenvalue weighted by atomic mass is 15.1. The van der Waals surface area contributed by atoms with Crippen LogP contribution in [-0.4, -0.2) is 14.1 Å². The summed E-state index contributed by atoms with van der Waals surface area (Å²) in [6, 6.07) is 28.3. The zero-order valence-electron chi connectivity index (χ0n) is 13.5. The average molecular weight is 297 g/mol. The first-order valence-corrected chi connectivity index (χ1v) is 7.92. The summed E-state index contributed by atoms with van der Waals surface area (Å²) in [4.78, 5) is 2.19. The zero-order valence-corrected chi connectivity index (χ0v) is 13.5. The first kappa shape index (κ1) is 13.8. The molecule has 23 heavy (non-hydrogen) atoms. The summed E-state index contributed by atoms with van der Waals surface area (Å²) < 4.78 is 0. The molecule has 4 aromatic carbocycles. The van der Waals surface area contributed by atoms with Crippen LogP contribution >= 0.6 is 0 Å². The van der Waals surface area contributed by atoms with Crippen LogP contribution in [0, 0.1) is 0 Å². The standard InChI is InChI=1S/C22H19N/c1-23(2)21-13-12-19-14-17-10-6-7-11-18(17)15-20(19)22(21)16-8-4-3-5-9-16/h3-15H,1-2H3. The van der Waals surface area contributed by atoms with E-state index in [0.29, 0.717) is 0 Å². The van der Waals surface area contributed by atoms with Crippen molar-refractivity contribution < 1.29 is 0 Å². The third-order valence-electron chi connectivity index (χ3n) is 4.41. The monoisotopic (exact) mass is 297 g/mol. The van der Waals surface area contributed by atoms with Gasteiger partial charge in [0.1, 0.15) is 0 Å². The minimum Gasteiger partial charge on any atom is -0.377 e. The molecule has 0 aliphatic carbocycles. The van der Waals surface area contributed by atoms with E-state index < -0.39 is 0 Å². The molecule has 0 bridgehead atoms. The number of rotatable bonds is 2. The van der Waals surface area contributed by atoms with Gasteiger partial charge in [0.15, 0.2) is 0 Å². The first-order chi connectivity index (χ1) is 11.2. The van der Waals surface area contributed by atoms with Crippen LogP contribution in [0.5, 0.6) is 0 Å². The van der Waals surface area contributed by atoms with Crippen molar-refractivity contribution in [2.75, 3.05) is 19.0 Å². The minimum atomic E-state index is 1.25. The second-order valence-electron chi connectivity index (χ2n) is 6.14. The fourth-order valence-electron chi connectivity index (χ4n) is 3.28. The first-order valence-electron chi connectivity index (χ1n) is 7.92. The molecule has 0 amide bonds. The molecule has 0 saturated heterocycles. The summed E-state index contributed by atoms with van der Waals surface area (Å²) in [5, 5.41) is 5.17. The van der Waals surface area contributed by atoms with Crippen molar-refractivity contribution in [1.82, 2.24) is 0 Å². The largest absolute Gasteiger partial charge is 0.377 e. The molecular weight excluding hydrogens is 278 g/mol. The lowest BCUT2D eigenvalue weighted by atomic mass is 9.94. The fourth-order valence-corrected chi connectivity index (χ4v) is 3.28. The van der Waals surface area contributed by atoms with Gasteiger partial charge in [-0.25, -0.2) is 0 Å². The average Bonchev–Trinajstić information content (AvgIpc) is 2.59. The lowest BCUT2D eigenvalue weighted by Crippen LogP contribution is -2.10. The second kappa shape index (κ2) is 5.44. The van der Waals surface area contributed by atoms with Gasteiger partial charge in [0, 0.05) is 25.3 Å². The zero-order chi connectivity index (χ0) is 15.8. The Morgan fingerprint density at radius 3 is 1.96 bits per heavy atom. The highest BCUT2D eigenvalue weighted by Crippen LogP contribution is 2.38. The number of benzene rings is 4.